The maximum absolute atomic E-state index is 12.4. The van der Waals surface area contributed by atoms with Crippen LogP contribution in [0, 0.1) is 0 Å². The van der Waals surface area contributed by atoms with Crippen LogP contribution >= 0.6 is 0 Å². The highest BCUT2D eigenvalue weighted by atomic mass is 16.5. The van der Waals surface area contributed by atoms with Gasteiger partial charge in [-0.2, -0.15) is 0 Å². The van der Waals surface area contributed by atoms with Crippen LogP contribution in [0.4, 0.5) is 0 Å². The zero-order chi connectivity index (χ0) is 19.0. The Morgan fingerprint density at radius 2 is 2.00 bits per heavy atom. The van der Waals surface area contributed by atoms with Crippen LogP contribution in [-0.2, 0) is 9.53 Å². The van der Waals surface area contributed by atoms with Gasteiger partial charge in [0.15, 0.2) is 5.43 Å². The molecule has 0 amide bonds. The minimum Gasteiger partial charge on any atom is -0.497 e. The number of benzene rings is 2. The van der Waals surface area contributed by atoms with Crippen molar-refractivity contribution in [3.63, 3.8) is 0 Å². The molecule has 4 rings (SSSR count). The summed E-state index contributed by atoms with van der Waals surface area (Å²) >= 11 is 0. The molecule has 136 valence electrons. The third-order valence-corrected chi connectivity index (χ3v) is 4.87. The number of fused-ring (bicyclic) bond motifs is 2. The number of methoxy groups -OCH3 is 2. The highest BCUT2D eigenvalue weighted by Crippen LogP contribution is 2.43. The molecule has 0 fully saturated rings. The van der Waals surface area contributed by atoms with E-state index in [0.717, 1.165) is 16.5 Å². The van der Waals surface area contributed by atoms with Gasteiger partial charge in [-0.05, 0) is 36.2 Å². The van der Waals surface area contributed by atoms with E-state index in [1.807, 2.05) is 24.3 Å². The predicted molar refractivity (Wildman–Crippen MR) is 102 cm³/mol. The van der Waals surface area contributed by atoms with Crippen LogP contribution < -0.4 is 10.2 Å². The molecule has 0 spiro atoms. The van der Waals surface area contributed by atoms with Gasteiger partial charge in [-0.15, -0.1) is 0 Å². The quantitative estimate of drug-likeness (QED) is 0.519. The molecule has 1 unspecified atom stereocenters. The van der Waals surface area contributed by atoms with Gasteiger partial charge < -0.3 is 13.9 Å². The van der Waals surface area contributed by atoms with Gasteiger partial charge in [0.25, 0.3) is 0 Å². The van der Waals surface area contributed by atoms with Crippen molar-refractivity contribution in [2.24, 2.45) is 0 Å². The molecular weight excluding hydrogens is 344 g/mol. The van der Waals surface area contributed by atoms with Crippen molar-refractivity contribution < 1.29 is 18.7 Å². The largest absolute Gasteiger partial charge is 0.497 e. The Hall–Kier alpha value is -3.34. The van der Waals surface area contributed by atoms with Gasteiger partial charge in [0, 0.05) is 34.6 Å². The Morgan fingerprint density at radius 1 is 1.15 bits per heavy atom. The van der Waals surface area contributed by atoms with E-state index < -0.39 is 0 Å². The van der Waals surface area contributed by atoms with Crippen molar-refractivity contribution in [1.82, 2.24) is 0 Å². The maximum Gasteiger partial charge on any atom is 0.334 e. The monoisotopic (exact) mass is 362 g/mol. The van der Waals surface area contributed by atoms with Crippen LogP contribution in [0.5, 0.6) is 5.75 Å². The van der Waals surface area contributed by atoms with Crippen LogP contribution in [-0.4, -0.2) is 20.2 Å². The number of ether oxygens (including phenoxy) is 2. The van der Waals surface area contributed by atoms with Gasteiger partial charge in [-0.1, -0.05) is 18.2 Å². The highest BCUT2D eigenvalue weighted by Gasteiger charge is 2.29. The molecule has 0 saturated heterocycles. The molecule has 3 aliphatic rings. The fourth-order valence-electron chi connectivity index (χ4n) is 3.62. The minimum atomic E-state index is -0.361. The van der Waals surface area contributed by atoms with Crippen molar-refractivity contribution >= 4 is 16.9 Å². The average molecular weight is 362 g/mol. The number of carbonyl (C=O) groups is 1. The topological polar surface area (TPSA) is 65.7 Å². The van der Waals surface area contributed by atoms with Crippen molar-refractivity contribution in [2.45, 2.75) is 12.3 Å². The molecule has 0 saturated carbocycles. The van der Waals surface area contributed by atoms with Crippen LogP contribution in [0.2, 0.25) is 0 Å². The summed E-state index contributed by atoms with van der Waals surface area (Å²) in [7, 11) is 2.96. The van der Waals surface area contributed by atoms with Gasteiger partial charge in [-0.25, -0.2) is 4.79 Å². The molecule has 5 heteroatoms. The molecule has 1 aliphatic heterocycles. The van der Waals surface area contributed by atoms with Gasteiger partial charge in [0.2, 0.25) is 0 Å². The van der Waals surface area contributed by atoms with Crippen LogP contribution in [0.3, 0.4) is 0 Å². The normalized spacial score (nSPS) is 16.4. The van der Waals surface area contributed by atoms with E-state index in [1.54, 1.807) is 25.3 Å². The summed E-state index contributed by atoms with van der Waals surface area (Å²) in [6.45, 7) is 0. The number of rotatable bonds is 3. The Balaban J connectivity index is 2.05. The molecule has 5 nitrogen and oxygen atoms in total. The molecule has 1 atom stereocenters. The Labute approximate surface area is 155 Å². The van der Waals surface area contributed by atoms with Crippen LogP contribution in [0.25, 0.3) is 22.3 Å². The van der Waals surface area contributed by atoms with Crippen molar-refractivity contribution in [3.8, 4) is 17.1 Å². The molecule has 0 N–H and O–H groups in total. The fraction of sp³-hybridized carbons (Fsp3) is 0.182. The summed E-state index contributed by atoms with van der Waals surface area (Å²) in [6.07, 6.45) is 6.32. The van der Waals surface area contributed by atoms with Crippen LogP contribution in [0.15, 0.2) is 69.4 Å². The van der Waals surface area contributed by atoms with E-state index in [2.05, 4.69) is 0 Å². The minimum absolute atomic E-state index is 0.133. The molecule has 1 aromatic rings. The lowest BCUT2D eigenvalue weighted by atomic mass is 9.80. The van der Waals surface area contributed by atoms with Crippen molar-refractivity contribution in [3.05, 3.63) is 76.0 Å². The second-order valence-electron chi connectivity index (χ2n) is 6.37. The van der Waals surface area contributed by atoms with Crippen molar-refractivity contribution in [2.75, 3.05) is 14.2 Å². The zero-order valence-corrected chi connectivity index (χ0v) is 15.0. The Morgan fingerprint density at radius 3 is 2.78 bits per heavy atom. The highest BCUT2D eigenvalue weighted by molar-refractivity contribution is 5.96. The third kappa shape index (κ3) is 2.91. The summed E-state index contributed by atoms with van der Waals surface area (Å²) in [5.74, 6) is 0.578. The lowest BCUT2D eigenvalue weighted by Gasteiger charge is -2.25. The van der Waals surface area contributed by atoms with E-state index in [1.165, 1.54) is 19.2 Å². The maximum atomic E-state index is 12.4. The zero-order valence-electron chi connectivity index (χ0n) is 15.0. The van der Waals surface area contributed by atoms with E-state index in [0.29, 0.717) is 29.1 Å². The summed E-state index contributed by atoms with van der Waals surface area (Å²) in [6, 6.07) is 10.3. The number of hydrogen-bond donors (Lipinski definition) is 0. The molecule has 1 heterocycles. The first-order valence-electron chi connectivity index (χ1n) is 8.62. The first kappa shape index (κ1) is 17.1. The van der Waals surface area contributed by atoms with Gasteiger partial charge in [0.1, 0.15) is 17.1 Å². The Kier molecular flexibility index (Phi) is 4.28. The van der Waals surface area contributed by atoms with Gasteiger partial charge >= 0.3 is 5.97 Å². The molecule has 0 radical (unpaired) electrons. The number of hydrogen-bond acceptors (Lipinski definition) is 5. The summed E-state index contributed by atoms with van der Waals surface area (Å²) in [5, 5.41) is 0.872. The number of esters is 1. The molecule has 0 bridgehead atoms. The predicted octanol–water partition coefficient (Wildman–Crippen LogP) is 4.05. The Bertz CT molecular complexity index is 1120. The van der Waals surface area contributed by atoms with Gasteiger partial charge in [-0.3, -0.25) is 4.79 Å². The number of carbonyl (C=O) groups excluding carboxylic acids is 1. The second kappa shape index (κ2) is 6.76. The lowest BCUT2D eigenvalue weighted by Crippen LogP contribution is -2.16. The first-order chi connectivity index (χ1) is 13.1. The standard InChI is InChI=1S/C22H18O5/c1-25-14-8-10-18-20(12-14)27-19-11-13(23)7-9-17(19)21(18)15-5-3-4-6-16(15)22(24)26-2/h3-4,6-12,15H,5H2,1-2H3. The van der Waals surface area contributed by atoms with E-state index in [-0.39, 0.29) is 17.3 Å². The van der Waals surface area contributed by atoms with E-state index in [4.69, 9.17) is 13.9 Å². The van der Waals surface area contributed by atoms with Crippen LogP contribution in [0.1, 0.15) is 17.9 Å². The smallest absolute Gasteiger partial charge is 0.334 e. The summed E-state index contributed by atoms with van der Waals surface area (Å²) in [4.78, 5) is 24.2. The lowest BCUT2D eigenvalue weighted by molar-refractivity contribution is -0.136. The second-order valence-corrected chi connectivity index (χ2v) is 6.37. The molecular formula is C22H18O5. The van der Waals surface area contributed by atoms with Crippen molar-refractivity contribution in [1.29, 1.82) is 0 Å². The summed E-state index contributed by atoms with van der Waals surface area (Å²) in [5.41, 5.74) is 2.79. The van der Waals surface area contributed by atoms with Gasteiger partial charge in [0.05, 0.1) is 14.2 Å². The average Bonchev–Trinajstić information content (AvgIpc) is 2.70. The SMILES string of the molecule is COC(=O)C1=CC=CCC1c1c2ccc(=O)cc-2oc2cc(OC)ccc12. The fourth-order valence-corrected chi connectivity index (χ4v) is 3.62. The number of allylic oxidation sites excluding steroid dienone is 3. The third-order valence-electron chi connectivity index (χ3n) is 4.87. The first-order valence-corrected chi connectivity index (χ1v) is 8.62. The molecule has 27 heavy (non-hydrogen) atoms. The molecule has 1 aromatic carbocycles. The van der Waals surface area contributed by atoms with E-state index >= 15 is 0 Å². The molecule has 0 aromatic heterocycles. The summed E-state index contributed by atoms with van der Waals surface area (Å²) < 4.78 is 16.3. The molecule has 2 aliphatic carbocycles. The van der Waals surface area contributed by atoms with E-state index in [9.17, 15) is 9.59 Å².